The van der Waals surface area contributed by atoms with Gasteiger partial charge in [0, 0.05) is 62.8 Å². The second-order valence-electron chi connectivity index (χ2n) is 11.4. The number of hydrogen-bond acceptors (Lipinski definition) is 7. The number of rotatable bonds is 9. The Morgan fingerprint density at radius 1 is 0.913 bits per heavy atom. The number of nitrogens with zero attached hydrogens (tertiary/aromatic N) is 4. The Morgan fingerprint density at radius 3 is 2.24 bits per heavy atom. The van der Waals surface area contributed by atoms with Gasteiger partial charge in [-0.2, -0.15) is 26.3 Å². The molecular formula is C32H33F6N5O3. The standard InChI is InChI=1S/C32H33F6N5O3/c33-31(34,35)23-5-3-22(4-6-23)2-1-15-41-16-18-42(19-17-41)30-21-27(13-14-39-30)46-26-10-7-24(8-11-26)40-25-9-12-29(43(44)45)28(20-25)32(36,37)38/h1-6,9,12-14,20-21,24,26,40H,7-8,10-11,15-19H2/b2-1+. The van der Waals surface area contributed by atoms with Gasteiger partial charge < -0.3 is 15.0 Å². The van der Waals surface area contributed by atoms with Gasteiger partial charge in [-0.25, -0.2) is 4.98 Å². The summed E-state index contributed by atoms with van der Waals surface area (Å²) in [6, 6.07) is 11.7. The molecule has 14 heteroatoms. The Balaban J connectivity index is 1.07. The second kappa shape index (κ2) is 14.0. The normalized spacial score (nSPS) is 19.7. The molecule has 0 spiro atoms. The first-order chi connectivity index (χ1) is 21.8. The highest BCUT2D eigenvalue weighted by molar-refractivity contribution is 5.56. The summed E-state index contributed by atoms with van der Waals surface area (Å²) in [7, 11) is 0. The first-order valence-electron chi connectivity index (χ1n) is 14.9. The van der Waals surface area contributed by atoms with Crippen LogP contribution in [-0.2, 0) is 12.4 Å². The SMILES string of the molecule is O=[N+]([O-])c1ccc(NC2CCC(Oc3ccnc(N4CCN(C/C=C/c5ccc(C(F)(F)F)cc5)CC4)c3)CC2)cc1C(F)(F)F. The minimum absolute atomic E-state index is 0.0656. The molecule has 3 aromatic rings. The Morgan fingerprint density at radius 2 is 1.61 bits per heavy atom. The van der Waals surface area contributed by atoms with Crippen molar-refractivity contribution in [1.29, 1.82) is 0 Å². The van der Waals surface area contributed by atoms with Gasteiger partial charge in [0.05, 0.1) is 16.6 Å². The molecule has 0 unspecified atom stereocenters. The predicted octanol–water partition coefficient (Wildman–Crippen LogP) is 7.66. The number of nitrogens with one attached hydrogen (secondary N) is 1. The van der Waals surface area contributed by atoms with Crippen molar-refractivity contribution in [2.75, 3.05) is 42.9 Å². The van der Waals surface area contributed by atoms with Crippen molar-refractivity contribution in [3.63, 3.8) is 0 Å². The van der Waals surface area contributed by atoms with Crippen LogP contribution >= 0.6 is 0 Å². The fraction of sp³-hybridized carbons (Fsp3) is 0.406. The summed E-state index contributed by atoms with van der Waals surface area (Å²) in [4.78, 5) is 18.9. The van der Waals surface area contributed by atoms with Crippen molar-refractivity contribution in [2.45, 2.75) is 50.2 Å². The lowest BCUT2D eigenvalue weighted by molar-refractivity contribution is -0.388. The van der Waals surface area contributed by atoms with Crippen LogP contribution in [0.25, 0.3) is 6.08 Å². The highest BCUT2D eigenvalue weighted by atomic mass is 19.4. The average molecular weight is 650 g/mol. The van der Waals surface area contributed by atoms with Crippen LogP contribution in [0.15, 0.2) is 66.9 Å². The highest BCUT2D eigenvalue weighted by Crippen LogP contribution is 2.38. The van der Waals surface area contributed by atoms with Crippen LogP contribution < -0.4 is 15.0 Å². The van der Waals surface area contributed by atoms with Gasteiger partial charge in [0.1, 0.15) is 17.1 Å². The molecule has 2 fully saturated rings. The molecule has 1 saturated carbocycles. The van der Waals surface area contributed by atoms with E-state index < -0.39 is 34.1 Å². The number of anilines is 2. The van der Waals surface area contributed by atoms with Crippen LogP contribution in [0.1, 0.15) is 42.4 Å². The highest BCUT2D eigenvalue weighted by Gasteiger charge is 2.38. The molecule has 2 heterocycles. The summed E-state index contributed by atoms with van der Waals surface area (Å²) < 4.78 is 84.5. The van der Waals surface area contributed by atoms with E-state index in [1.165, 1.54) is 18.2 Å². The summed E-state index contributed by atoms with van der Waals surface area (Å²) in [5.41, 5.74) is -2.01. The number of piperazine rings is 1. The van der Waals surface area contributed by atoms with Gasteiger partial charge in [0.25, 0.3) is 5.69 Å². The minimum Gasteiger partial charge on any atom is -0.490 e. The molecule has 1 N–H and O–H groups in total. The lowest BCUT2D eigenvalue weighted by Crippen LogP contribution is -2.46. The number of ether oxygens (including phenoxy) is 1. The lowest BCUT2D eigenvalue weighted by Gasteiger charge is -2.35. The maximum Gasteiger partial charge on any atom is 0.423 e. The van der Waals surface area contributed by atoms with Gasteiger partial charge in [0.15, 0.2) is 0 Å². The molecule has 246 valence electrons. The first kappa shape index (κ1) is 33.0. The summed E-state index contributed by atoms with van der Waals surface area (Å²) in [6.45, 7) is 3.76. The first-order valence-corrected chi connectivity index (χ1v) is 14.9. The van der Waals surface area contributed by atoms with E-state index in [1.807, 2.05) is 18.2 Å². The van der Waals surface area contributed by atoms with E-state index in [1.54, 1.807) is 12.3 Å². The van der Waals surface area contributed by atoms with E-state index in [-0.39, 0.29) is 17.8 Å². The van der Waals surface area contributed by atoms with Gasteiger partial charge in [-0.3, -0.25) is 15.0 Å². The van der Waals surface area contributed by atoms with E-state index in [4.69, 9.17) is 4.74 Å². The zero-order chi connectivity index (χ0) is 32.9. The van der Waals surface area contributed by atoms with E-state index >= 15 is 0 Å². The van der Waals surface area contributed by atoms with Gasteiger partial charge in [0.2, 0.25) is 0 Å². The second-order valence-corrected chi connectivity index (χ2v) is 11.4. The van der Waals surface area contributed by atoms with Crippen LogP contribution in [0.4, 0.5) is 43.5 Å². The largest absolute Gasteiger partial charge is 0.490 e. The third kappa shape index (κ3) is 8.68. The maximum absolute atomic E-state index is 13.3. The molecule has 8 nitrogen and oxygen atoms in total. The molecule has 0 atom stereocenters. The van der Waals surface area contributed by atoms with Crippen molar-refractivity contribution < 1.29 is 36.0 Å². The van der Waals surface area contributed by atoms with Gasteiger partial charge in [-0.1, -0.05) is 24.3 Å². The third-order valence-electron chi connectivity index (χ3n) is 8.17. The Bertz CT molecular complexity index is 1510. The fourth-order valence-electron chi connectivity index (χ4n) is 5.69. The van der Waals surface area contributed by atoms with Crippen LogP contribution in [0.5, 0.6) is 5.75 Å². The Hall–Kier alpha value is -4.33. The van der Waals surface area contributed by atoms with Crippen molar-refractivity contribution in [1.82, 2.24) is 9.88 Å². The van der Waals surface area contributed by atoms with Crippen molar-refractivity contribution >= 4 is 23.3 Å². The number of benzene rings is 2. The van der Waals surface area contributed by atoms with E-state index in [9.17, 15) is 36.5 Å². The summed E-state index contributed by atoms with van der Waals surface area (Å²) in [6.07, 6.45) is -1.09. The smallest absolute Gasteiger partial charge is 0.423 e. The molecular weight excluding hydrogens is 616 g/mol. The van der Waals surface area contributed by atoms with Crippen molar-refractivity contribution in [2.24, 2.45) is 0 Å². The van der Waals surface area contributed by atoms with Crippen LogP contribution in [0, 0.1) is 10.1 Å². The van der Waals surface area contributed by atoms with E-state index in [0.29, 0.717) is 43.5 Å². The average Bonchev–Trinajstić information content (AvgIpc) is 3.02. The fourth-order valence-corrected chi connectivity index (χ4v) is 5.69. The molecule has 0 bridgehead atoms. The van der Waals surface area contributed by atoms with Crippen LogP contribution in [-0.4, -0.2) is 59.7 Å². The van der Waals surface area contributed by atoms with E-state index in [0.717, 1.165) is 56.3 Å². The summed E-state index contributed by atoms with van der Waals surface area (Å²) >= 11 is 0. The van der Waals surface area contributed by atoms with Crippen LogP contribution in [0.2, 0.25) is 0 Å². The number of hydrogen-bond donors (Lipinski definition) is 1. The molecule has 1 aliphatic heterocycles. The Kier molecular flexibility index (Phi) is 10.0. The molecule has 0 radical (unpaired) electrons. The predicted molar refractivity (Wildman–Crippen MR) is 162 cm³/mol. The molecule has 1 aromatic heterocycles. The van der Waals surface area contributed by atoms with E-state index in [2.05, 4.69) is 20.1 Å². The van der Waals surface area contributed by atoms with Crippen molar-refractivity contribution in [3.8, 4) is 5.75 Å². The minimum atomic E-state index is -4.83. The van der Waals surface area contributed by atoms with Crippen molar-refractivity contribution in [3.05, 3.63) is 93.7 Å². The number of nitro groups is 1. The topological polar surface area (TPSA) is 83.8 Å². The molecule has 2 aliphatic rings. The van der Waals surface area contributed by atoms with Gasteiger partial charge in [-0.05, 0) is 61.6 Å². The molecule has 46 heavy (non-hydrogen) atoms. The molecule has 5 rings (SSSR count). The number of aromatic nitrogens is 1. The molecule has 1 aliphatic carbocycles. The zero-order valence-corrected chi connectivity index (χ0v) is 24.7. The third-order valence-corrected chi connectivity index (χ3v) is 8.17. The number of halogens is 6. The Labute approximate surface area is 261 Å². The number of alkyl halides is 6. The zero-order valence-electron chi connectivity index (χ0n) is 24.7. The summed E-state index contributed by atoms with van der Waals surface area (Å²) in [5.74, 6) is 1.49. The monoisotopic (exact) mass is 649 g/mol. The van der Waals surface area contributed by atoms with Gasteiger partial charge in [-0.15, -0.1) is 0 Å². The van der Waals surface area contributed by atoms with Crippen LogP contribution in [0.3, 0.4) is 0 Å². The maximum atomic E-state index is 13.3. The molecule has 2 aromatic carbocycles. The van der Waals surface area contributed by atoms with Gasteiger partial charge >= 0.3 is 12.4 Å². The molecule has 0 amide bonds. The lowest BCUT2D eigenvalue weighted by atomic mass is 9.92. The number of nitro benzene ring substituents is 1. The summed E-state index contributed by atoms with van der Waals surface area (Å²) in [5, 5.41) is 14.1. The number of pyridine rings is 1. The quantitative estimate of drug-likeness (QED) is 0.145. The molecule has 1 saturated heterocycles.